The first-order valence-corrected chi connectivity index (χ1v) is 8.49. The van der Waals surface area contributed by atoms with Gasteiger partial charge in [0.25, 0.3) is 10.2 Å². The van der Waals surface area contributed by atoms with E-state index >= 15 is 0 Å². The summed E-state index contributed by atoms with van der Waals surface area (Å²) >= 11 is 0. The Morgan fingerprint density at radius 3 is 2.84 bits per heavy atom. The molecule has 2 aliphatic rings. The lowest BCUT2D eigenvalue weighted by Crippen LogP contribution is -2.59. The Bertz CT molecular complexity index is 393. The molecule has 2 saturated heterocycles. The van der Waals surface area contributed by atoms with Gasteiger partial charge in [-0.1, -0.05) is 6.42 Å². The van der Waals surface area contributed by atoms with E-state index in [9.17, 15) is 8.42 Å². The van der Waals surface area contributed by atoms with Crippen LogP contribution in [0.3, 0.4) is 0 Å². The van der Waals surface area contributed by atoms with E-state index in [0.29, 0.717) is 26.3 Å². The van der Waals surface area contributed by atoms with E-state index in [0.717, 1.165) is 32.1 Å². The molecule has 7 heteroatoms. The molecule has 0 saturated carbocycles. The molecule has 0 radical (unpaired) electrons. The van der Waals surface area contributed by atoms with Crippen molar-refractivity contribution in [2.75, 3.05) is 26.3 Å². The average Bonchev–Trinajstić information content (AvgIpc) is 2.38. The minimum absolute atomic E-state index is 0.0700. The molecule has 2 atom stereocenters. The first kappa shape index (κ1) is 15.2. The zero-order valence-electron chi connectivity index (χ0n) is 11.6. The average molecular weight is 291 g/mol. The van der Waals surface area contributed by atoms with Crippen molar-refractivity contribution in [1.82, 2.24) is 9.03 Å². The number of nitrogens with one attached hydrogen (secondary N) is 1. The Morgan fingerprint density at radius 2 is 2.21 bits per heavy atom. The minimum atomic E-state index is -3.48. The highest BCUT2D eigenvalue weighted by molar-refractivity contribution is 7.87. The van der Waals surface area contributed by atoms with Crippen LogP contribution in [0.2, 0.25) is 0 Å². The molecule has 2 aliphatic heterocycles. The topological polar surface area (TPSA) is 84.7 Å². The molecular weight excluding hydrogens is 266 g/mol. The molecule has 0 amide bonds. The van der Waals surface area contributed by atoms with Crippen LogP contribution in [0.1, 0.15) is 39.0 Å². The van der Waals surface area contributed by atoms with Gasteiger partial charge in [0.05, 0.1) is 12.1 Å². The van der Waals surface area contributed by atoms with Gasteiger partial charge in [-0.2, -0.15) is 17.4 Å². The molecule has 0 spiro atoms. The molecule has 2 rings (SSSR count). The maximum absolute atomic E-state index is 12.5. The SMILES string of the molecule is CC1(NS(=O)(=O)N2CCCCC2CN)CCCOC1. The van der Waals surface area contributed by atoms with Crippen LogP contribution in [-0.2, 0) is 14.9 Å². The second-order valence-electron chi connectivity index (χ2n) is 5.82. The monoisotopic (exact) mass is 291 g/mol. The lowest BCUT2D eigenvalue weighted by molar-refractivity contribution is 0.0375. The molecule has 0 aromatic rings. The Morgan fingerprint density at radius 1 is 1.42 bits per heavy atom. The Hall–Kier alpha value is -0.210. The van der Waals surface area contributed by atoms with Gasteiger partial charge in [0, 0.05) is 25.7 Å². The summed E-state index contributed by atoms with van der Waals surface area (Å²) in [4.78, 5) is 0. The lowest BCUT2D eigenvalue weighted by Gasteiger charge is -2.39. The van der Waals surface area contributed by atoms with Crippen LogP contribution in [0.15, 0.2) is 0 Å². The maximum atomic E-state index is 12.5. The maximum Gasteiger partial charge on any atom is 0.280 e. The molecule has 0 aromatic heterocycles. The zero-order chi connectivity index (χ0) is 13.9. The summed E-state index contributed by atoms with van der Waals surface area (Å²) in [6.07, 6.45) is 4.51. The summed E-state index contributed by atoms with van der Waals surface area (Å²) in [5.41, 5.74) is 5.21. The number of piperidine rings is 1. The van der Waals surface area contributed by atoms with Crippen LogP contribution < -0.4 is 10.5 Å². The highest BCUT2D eigenvalue weighted by Gasteiger charge is 2.38. The van der Waals surface area contributed by atoms with Crippen molar-refractivity contribution in [2.24, 2.45) is 5.73 Å². The predicted molar refractivity (Wildman–Crippen MR) is 73.9 cm³/mol. The summed E-state index contributed by atoms with van der Waals surface area (Å²) in [6.45, 7) is 4.01. The van der Waals surface area contributed by atoms with E-state index in [1.807, 2.05) is 6.92 Å². The number of ether oxygens (including phenoxy) is 1. The highest BCUT2D eigenvalue weighted by atomic mass is 32.2. The van der Waals surface area contributed by atoms with Crippen molar-refractivity contribution in [3.05, 3.63) is 0 Å². The smallest absolute Gasteiger partial charge is 0.280 e. The van der Waals surface area contributed by atoms with Gasteiger partial charge in [-0.05, 0) is 32.6 Å². The van der Waals surface area contributed by atoms with Crippen molar-refractivity contribution in [3.63, 3.8) is 0 Å². The summed E-state index contributed by atoms with van der Waals surface area (Å²) in [7, 11) is -3.48. The first-order valence-electron chi connectivity index (χ1n) is 7.05. The van der Waals surface area contributed by atoms with E-state index < -0.39 is 15.7 Å². The van der Waals surface area contributed by atoms with Crippen molar-refractivity contribution in [3.8, 4) is 0 Å². The second kappa shape index (κ2) is 6.05. The third-order valence-electron chi connectivity index (χ3n) is 3.97. The van der Waals surface area contributed by atoms with E-state index in [1.165, 1.54) is 4.31 Å². The number of nitrogens with zero attached hydrogens (tertiary/aromatic N) is 1. The second-order valence-corrected chi connectivity index (χ2v) is 7.44. The molecule has 112 valence electrons. The number of hydrogen-bond acceptors (Lipinski definition) is 4. The van der Waals surface area contributed by atoms with Gasteiger partial charge in [-0.25, -0.2) is 0 Å². The first-order chi connectivity index (χ1) is 8.97. The molecule has 0 bridgehead atoms. The van der Waals surface area contributed by atoms with Gasteiger partial charge in [-0.3, -0.25) is 0 Å². The summed E-state index contributed by atoms with van der Waals surface area (Å²) < 4.78 is 34.8. The lowest BCUT2D eigenvalue weighted by atomic mass is 9.97. The Kier molecular flexibility index (Phi) is 4.84. The third kappa shape index (κ3) is 3.66. The fraction of sp³-hybridized carbons (Fsp3) is 1.00. The van der Waals surface area contributed by atoms with Gasteiger partial charge < -0.3 is 10.5 Å². The predicted octanol–water partition coefficient (Wildman–Crippen LogP) is 0.203. The van der Waals surface area contributed by atoms with Crippen LogP contribution >= 0.6 is 0 Å². The molecule has 0 aliphatic carbocycles. The van der Waals surface area contributed by atoms with Gasteiger partial charge in [-0.15, -0.1) is 0 Å². The van der Waals surface area contributed by atoms with Gasteiger partial charge in [0.1, 0.15) is 0 Å². The molecule has 2 heterocycles. The van der Waals surface area contributed by atoms with Crippen LogP contribution in [0, 0.1) is 0 Å². The van der Waals surface area contributed by atoms with Gasteiger partial charge >= 0.3 is 0 Å². The molecular formula is C12H25N3O3S. The van der Waals surface area contributed by atoms with Crippen LogP contribution in [0.4, 0.5) is 0 Å². The fourth-order valence-electron chi connectivity index (χ4n) is 2.91. The van der Waals surface area contributed by atoms with E-state index in [2.05, 4.69) is 4.72 Å². The van der Waals surface area contributed by atoms with Crippen LogP contribution in [-0.4, -0.2) is 50.6 Å². The van der Waals surface area contributed by atoms with Crippen molar-refractivity contribution >= 4 is 10.2 Å². The fourth-order valence-corrected chi connectivity index (χ4v) is 4.76. The van der Waals surface area contributed by atoms with E-state index in [1.54, 1.807) is 0 Å². The van der Waals surface area contributed by atoms with E-state index in [-0.39, 0.29) is 6.04 Å². The van der Waals surface area contributed by atoms with Gasteiger partial charge in [0.2, 0.25) is 0 Å². The highest BCUT2D eigenvalue weighted by Crippen LogP contribution is 2.24. The zero-order valence-corrected chi connectivity index (χ0v) is 12.4. The Labute approximate surface area is 115 Å². The molecule has 19 heavy (non-hydrogen) atoms. The molecule has 6 nitrogen and oxygen atoms in total. The number of rotatable bonds is 4. The van der Waals surface area contributed by atoms with Crippen molar-refractivity contribution in [2.45, 2.75) is 50.6 Å². The summed E-state index contributed by atoms with van der Waals surface area (Å²) in [5, 5.41) is 0. The summed E-state index contributed by atoms with van der Waals surface area (Å²) in [5.74, 6) is 0. The van der Waals surface area contributed by atoms with Crippen LogP contribution in [0.5, 0.6) is 0 Å². The summed E-state index contributed by atoms with van der Waals surface area (Å²) in [6, 6.07) is -0.0700. The quantitative estimate of drug-likeness (QED) is 0.775. The number of nitrogens with two attached hydrogens (primary N) is 1. The molecule has 2 fully saturated rings. The molecule has 2 unspecified atom stereocenters. The van der Waals surface area contributed by atoms with Crippen molar-refractivity contribution in [1.29, 1.82) is 0 Å². The minimum Gasteiger partial charge on any atom is -0.380 e. The molecule has 3 N–H and O–H groups in total. The number of hydrogen-bond donors (Lipinski definition) is 2. The van der Waals surface area contributed by atoms with Crippen LogP contribution in [0.25, 0.3) is 0 Å². The van der Waals surface area contributed by atoms with Gasteiger partial charge in [0.15, 0.2) is 0 Å². The third-order valence-corrected chi connectivity index (χ3v) is 5.82. The van der Waals surface area contributed by atoms with E-state index in [4.69, 9.17) is 10.5 Å². The standard InChI is InChI=1S/C12H25N3O3S/c1-12(6-4-8-18-10-12)14-19(16,17)15-7-3-2-5-11(15)9-13/h11,14H,2-10,13H2,1H3. The molecule has 0 aromatic carbocycles. The van der Waals surface area contributed by atoms with Crippen molar-refractivity contribution < 1.29 is 13.2 Å². The Balaban J connectivity index is 2.08. The largest absolute Gasteiger partial charge is 0.380 e. The normalized spacial score (nSPS) is 34.3.